The maximum absolute atomic E-state index is 6.31. The van der Waals surface area contributed by atoms with Crippen LogP contribution in [0, 0.1) is 0 Å². The summed E-state index contributed by atoms with van der Waals surface area (Å²) >= 11 is 9.75. The number of nitrogens with one attached hydrogen (secondary N) is 1. The van der Waals surface area contributed by atoms with E-state index in [9.17, 15) is 0 Å². The van der Waals surface area contributed by atoms with Gasteiger partial charge in [-0.3, -0.25) is 4.98 Å². The molecule has 2 aromatic rings. The summed E-state index contributed by atoms with van der Waals surface area (Å²) in [6, 6.07) is 10.5. The summed E-state index contributed by atoms with van der Waals surface area (Å²) in [7, 11) is 0. The van der Waals surface area contributed by atoms with Crippen LogP contribution in [0.4, 0.5) is 0 Å². The summed E-state index contributed by atoms with van der Waals surface area (Å²) in [4.78, 5) is 4.17. The van der Waals surface area contributed by atoms with E-state index in [0.29, 0.717) is 6.04 Å². The van der Waals surface area contributed by atoms with Crippen LogP contribution in [0.3, 0.4) is 0 Å². The second-order valence-corrected chi connectivity index (χ2v) is 6.08. The van der Waals surface area contributed by atoms with Crippen molar-refractivity contribution in [3.8, 4) is 0 Å². The molecule has 2 rings (SSSR count). The van der Waals surface area contributed by atoms with E-state index in [1.54, 1.807) is 6.20 Å². The van der Waals surface area contributed by atoms with Gasteiger partial charge in [-0.25, -0.2) is 0 Å². The van der Waals surface area contributed by atoms with E-state index in [1.807, 2.05) is 24.4 Å². The average molecular weight is 354 g/mol. The molecule has 0 aliphatic carbocycles. The molecule has 20 heavy (non-hydrogen) atoms. The van der Waals surface area contributed by atoms with Crippen molar-refractivity contribution in [2.45, 2.75) is 25.8 Å². The highest BCUT2D eigenvalue weighted by molar-refractivity contribution is 9.10. The summed E-state index contributed by atoms with van der Waals surface area (Å²) in [6.45, 7) is 3.07. The zero-order chi connectivity index (χ0) is 14.4. The van der Waals surface area contributed by atoms with Gasteiger partial charge in [-0.05, 0) is 48.7 Å². The van der Waals surface area contributed by atoms with Crippen molar-refractivity contribution in [3.63, 3.8) is 0 Å². The zero-order valence-corrected chi connectivity index (χ0v) is 13.8. The van der Waals surface area contributed by atoms with Gasteiger partial charge in [0.2, 0.25) is 0 Å². The van der Waals surface area contributed by atoms with Crippen LogP contribution in [-0.4, -0.2) is 17.6 Å². The van der Waals surface area contributed by atoms with Crippen LogP contribution < -0.4 is 5.32 Å². The molecule has 0 saturated heterocycles. The fourth-order valence-electron chi connectivity index (χ4n) is 2.26. The number of halogens is 2. The van der Waals surface area contributed by atoms with Crippen LogP contribution in [-0.2, 0) is 12.8 Å². The molecule has 106 valence electrons. The first-order valence-electron chi connectivity index (χ1n) is 6.75. The molecule has 0 bridgehead atoms. The molecule has 0 aliphatic rings. The van der Waals surface area contributed by atoms with Crippen molar-refractivity contribution in [2.75, 3.05) is 6.54 Å². The van der Waals surface area contributed by atoms with E-state index >= 15 is 0 Å². The quantitative estimate of drug-likeness (QED) is 0.839. The van der Waals surface area contributed by atoms with E-state index in [2.05, 4.69) is 45.3 Å². The van der Waals surface area contributed by atoms with E-state index in [0.717, 1.165) is 28.9 Å². The van der Waals surface area contributed by atoms with E-state index in [1.165, 1.54) is 11.1 Å². The lowest BCUT2D eigenvalue weighted by atomic mass is 10.00. The molecule has 1 aromatic carbocycles. The third-order valence-electron chi connectivity index (χ3n) is 3.18. The number of nitrogens with zero attached hydrogens (tertiary/aromatic N) is 1. The van der Waals surface area contributed by atoms with Gasteiger partial charge in [0, 0.05) is 27.9 Å². The molecule has 0 saturated carbocycles. The van der Waals surface area contributed by atoms with Gasteiger partial charge in [-0.1, -0.05) is 46.6 Å². The molecule has 0 amide bonds. The molecule has 1 aromatic heterocycles. The van der Waals surface area contributed by atoms with Crippen molar-refractivity contribution in [1.29, 1.82) is 0 Å². The Morgan fingerprint density at radius 2 is 2.15 bits per heavy atom. The standard InChI is InChI=1S/C16H18BrClN2/c1-2-20-15(8-12-4-3-7-19-11-12)9-13-5-6-14(17)10-16(13)18/h3-7,10-11,15,20H,2,8-9H2,1H3. The van der Waals surface area contributed by atoms with Crippen molar-refractivity contribution >= 4 is 27.5 Å². The smallest absolute Gasteiger partial charge is 0.0449 e. The van der Waals surface area contributed by atoms with Gasteiger partial charge in [-0.15, -0.1) is 0 Å². The Bertz CT molecular complexity index is 545. The number of aromatic nitrogens is 1. The number of benzene rings is 1. The zero-order valence-electron chi connectivity index (χ0n) is 11.4. The monoisotopic (exact) mass is 352 g/mol. The molecular formula is C16H18BrClN2. The summed E-state index contributed by atoms with van der Waals surface area (Å²) in [5.41, 5.74) is 2.41. The minimum atomic E-state index is 0.364. The normalized spacial score (nSPS) is 12.3. The molecule has 0 fully saturated rings. The minimum Gasteiger partial charge on any atom is -0.314 e. The molecule has 0 radical (unpaired) electrons. The van der Waals surface area contributed by atoms with E-state index < -0.39 is 0 Å². The van der Waals surface area contributed by atoms with Crippen LogP contribution in [0.5, 0.6) is 0 Å². The van der Waals surface area contributed by atoms with Crippen LogP contribution in [0.25, 0.3) is 0 Å². The highest BCUT2D eigenvalue weighted by Crippen LogP contribution is 2.23. The SMILES string of the molecule is CCNC(Cc1cccnc1)Cc1ccc(Br)cc1Cl. The molecule has 0 spiro atoms. The van der Waals surface area contributed by atoms with Crippen LogP contribution in [0.15, 0.2) is 47.2 Å². The third kappa shape index (κ3) is 4.58. The molecule has 2 nitrogen and oxygen atoms in total. The van der Waals surface area contributed by atoms with Crippen molar-refractivity contribution < 1.29 is 0 Å². The molecule has 1 unspecified atom stereocenters. The Labute approximate surface area is 133 Å². The first kappa shape index (κ1) is 15.5. The largest absolute Gasteiger partial charge is 0.314 e. The number of likely N-dealkylation sites (N-methyl/N-ethyl adjacent to an activating group) is 1. The molecule has 4 heteroatoms. The van der Waals surface area contributed by atoms with Gasteiger partial charge < -0.3 is 5.32 Å². The Morgan fingerprint density at radius 3 is 2.80 bits per heavy atom. The lowest BCUT2D eigenvalue weighted by Gasteiger charge is -2.18. The Kier molecular flexibility index (Phi) is 6.02. The van der Waals surface area contributed by atoms with E-state index in [-0.39, 0.29) is 0 Å². The Balaban J connectivity index is 2.09. The average Bonchev–Trinajstić information content (AvgIpc) is 2.43. The Hall–Kier alpha value is -0.900. The van der Waals surface area contributed by atoms with E-state index in [4.69, 9.17) is 11.6 Å². The van der Waals surface area contributed by atoms with Gasteiger partial charge in [-0.2, -0.15) is 0 Å². The summed E-state index contributed by atoms with van der Waals surface area (Å²) in [6.07, 6.45) is 5.59. The predicted octanol–water partition coefficient (Wildman–Crippen LogP) is 4.26. The maximum Gasteiger partial charge on any atom is 0.0449 e. The minimum absolute atomic E-state index is 0.364. The lowest BCUT2D eigenvalue weighted by molar-refractivity contribution is 0.521. The van der Waals surface area contributed by atoms with Crippen molar-refractivity contribution in [2.24, 2.45) is 0 Å². The van der Waals surface area contributed by atoms with Crippen molar-refractivity contribution in [3.05, 3.63) is 63.3 Å². The van der Waals surface area contributed by atoms with Crippen LogP contribution in [0.2, 0.25) is 5.02 Å². The molecular weight excluding hydrogens is 336 g/mol. The first-order valence-corrected chi connectivity index (χ1v) is 7.92. The maximum atomic E-state index is 6.31. The van der Waals surface area contributed by atoms with Gasteiger partial charge >= 0.3 is 0 Å². The molecule has 1 N–H and O–H groups in total. The summed E-state index contributed by atoms with van der Waals surface area (Å²) < 4.78 is 1.01. The molecule has 0 aliphatic heterocycles. The molecule has 1 atom stereocenters. The highest BCUT2D eigenvalue weighted by atomic mass is 79.9. The van der Waals surface area contributed by atoms with Gasteiger partial charge in [0.05, 0.1) is 0 Å². The highest BCUT2D eigenvalue weighted by Gasteiger charge is 2.12. The van der Waals surface area contributed by atoms with Gasteiger partial charge in [0.15, 0.2) is 0 Å². The number of hydrogen-bond donors (Lipinski definition) is 1. The molecule has 1 heterocycles. The fraction of sp³-hybridized carbons (Fsp3) is 0.312. The predicted molar refractivity (Wildman–Crippen MR) is 88.3 cm³/mol. The first-order chi connectivity index (χ1) is 9.69. The van der Waals surface area contributed by atoms with Gasteiger partial charge in [0.25, 0.3) is 0 Å². The number of rotatable bonds is 6. The van der Waals surface area contributed by atoms with Crippen molar-refractivity contribution in [1.82, 2.24) is 10.3 Å². The fourth-order valence-corrected chi connectivity index (χ4v) is 3.01. The number of hydrogen-bond acceptors (Lipinski definition) is 2. The van der Waals surface area contributed by atoms with Gasteiger partial charge in [0.1, 0.15) is 0 Å². The second-order valence-electron chi connectivity index (χ2n) is 4.76. The van der Waals surface area contributed by atoms with Crippen LogP contribution >= 0.6 is 27.5 Å². The second kappa shape index (κ2) is 7.77. The Morgan fingerprint density at radius 1 is 1.30 bits per heavy atom. The third-order valence-corrected chi connectivity index (χ3v) is 4.02. The number of pyridine rings is 1. The summed E-state index contributed by atoms with van der Waals surface area (Å²) in [5, 5.41) is 4.34. The topological polar surface area (TPSA) is 24.9 Å². The van der Waals surface area contributed by atoms with Crippen LogP contribution in [0.1, 0.15) is 18.1 Å². The lowest BCUT2D eigenvalue weighted by Crippen LogP contribution is -2.33. The summed E-state index contributed by atoms with van der Waals surface area (Å²) in [5.74, 6) is 0.